The van der Waals surface area contributed by atoms with Crippen molar-refractivity contribution in [2.24, 2.45) is 22.7 Å². The van der Waals surface area contributed by atoms with Gasteiger partial charge in [0.25, 0.3) is 0 Å². The highest BCUT2D eigenvalue weighted by Gasteiger charge is 2.55. The molecule has 1 aromatic carbocycles. The Morgan fingerprint density at radius 2 is 1.91 bits per heavy atom. The van der Waals surface area contributed by atoms with E-state index in [9.17, 15) is 9.90 Å². The molecule has 1 heterocycles. The van der Waals surface area contributed by atoms with E-state index in [0.29, 0.717) is 40.7 Å². The van der Waals surface area contributed by atoms with Gasteiger partial charge in [-0.2, -0.15) is 0 Å². The van der Waals surface area contributed by atoms with Crippen LogP contribution in [0.1, 0.15) is 47.0 Å². The van der Waals surface area contributed by atoms with Crippen molar-refractivity contribution in [1.82, 2.24) is 0 Å². The Kier molecular flexibility index (Phi) is 5.78. The van der Waals surface area contributed by atoms with E-state index in [0.717, 1.165) is 19.3 Å². The number of allylic oxidation sites excluding steroid dienone is 1. The lowest BCUT2D eigenvalue weighted by atomic mass is 9.48. The van der Waals surface area contributed by atoms with Crippen molar-refractivity contribution >= 4 is 11.0 Å². The fourth-order valence-electron chi connectivity index (χ4n) is 6.13. The number of ether oxygens (including phenoxy) is 3. The molecule has 0 aliphatic heterocycles. The second kappa shape index (κ2) is 8.14. The Labute approximate surface area is 189 Å². The zero-order chi connectivity index (χ0) is 23.3. The Bertz CT molecular complexity index is 1100. The normalized spacial score (nSPS) is 29.2. The van der Waals surface area contributed by atoms with E-state index in [-0.39, 0.29) is 22.9 Å². The molecule has 0 bridgehead atoms. The molecule has 1 N–H and O–H groups in total. The number of hydrogen-bond donors (Lipinski definition) is 1. The fraction of sp³-hybridized carbons (Fsp3) is 0.577. The number of aliphatic hydroxyl groups is 1. The second-order valence-corrected chi connectivity index (χ2v) is 10.1. The summed E-state index contributed by atoms with van der Waals surface area (Å²) in [5.74, 6) is 1.86. The number of fused-ring (bicyclic) bond motifs is 2. The lowest BCUT2D eigenvalue weighted by Gasteiger charge is -2.58. The molecule has 0 spiro atoms. The first-order valence-electron chi connectivity index (χ1n) is 11.3. The van der Waals surface area contributed by atoms with Gasteiger partial charge < -0.3 is 23.7 Å². The quantitative estimate of drug-likeness (QED) is 0.521. The molecule has 174 valence electrons. The molecule has 2 aliphatic rings. The first-order valence-corrected chi connectivity index (χ1v) is 11.3. The molecule has 2 aliphatic carbocycles. The SMILES string of the molecule is COc1cc2ccc(=O)oc2c(OC)c1OC[C@@H]1C(C)=CC[C@H]2C(C)(C)[C@@H](O)CC[C@]12C. The van der Waals surface area contributed by atoms with Gasteiger partial charge in [0.15, 0.2) is 11.3 Å². The molecule has 0 amide bonds. The van der Waals surface area contributed by atoms with Gasteiger partial charge in [0.1, 0.15) is 0 Å². The number of rotatable bonds is 5. The number of hydrogen-bond acceptors (Lipinski definition) is 6. The Balaban J connectivity index is 1.72. The second-order valence-electron chi connectivity index (χ2n) is 10.1. The van der Waals surface area contributed by atoms with Gasteiger partial charge in [0.2, 0.25) is 11.5 Å². The van der Waals surface area contributed by atoms with E-state index in [1.165, 1.54) is 18.7 Å². The van der Waals surface area contributed by atoms with Crippen molar-refractivity contribution in [1.29, 1.82) is 0 Å². The van der Waals surface area contributed by atoms with Crippen LogP contribution in [0.4, 0.5) is 0 Å². The van der Waals surface area contributed by atoms with Gasteiger partial charge in [-0.1, -0.05) is 32.4 Å². The molecule has 0 radical (unpaired) electrons. The summed E-state index contributed by atoms with van der Waals surface area (Å²) in [6.45, 7) is 9.31. The maximum atomic E-state index is 11.8. The molecule has 32 heavy (non-hydrogen) atoms. The molecule has 0 unspecified atom stereocenters. The predicted octanol–water partition coefficient (Wildman–Crippen LogP) is 4.96. The number of methoxy groups -OCH3 is 2. The van der Waals surface area contributed by atoms with Crippen molar-refractivity contribution in [2.45, 2.75) is 53.1 Å². The molecular weight excluding hydrogens is 408 g/mol. The maximum absolute atomic E-state index is 11.8. The zero-order valence-electron chi connectivity index (χ0n) is 19.9. The standard InChI is InChI=1S/C26H34O6/c1-15-7-9-19-25(2,3)20(27)11-12-26(19,4)17(15)14-31-23-18(29-5)13-16-8-10-21(28)32-22(16)24(23)30-6/h7-8,10,13,17,19-20,27H,9,11-12,14H2,1-6H3/t17-,19+,20+,26-/m1/s1. The number of benzene rings is 1. The molecular formula is C26H34O6. The average Bonchev–Trinajstić information content (AvgIpc) is 2.75. The molecule has 1 fully saturated rings. The molecule has 6 nitrogen and oxygen atoms in total. The summed E-state index contributed by atoms with van der Waals surface area (Å²) in [6, 6.07) is 4.85. The maximum Gasteiger partial charge on any atom is 0.336 e. The van der Waals surface area contributed by atoms with Crippen LogP contribution in [-0.4, -0.2) is 32.0 Å². The van der Waals surface area contributed by atoms with Crippen LogP contribution in [0.5, 0.6) is 17.2 Å². The van der Waals surface area contributed by atoms with E-state index < -0.39 is 5.63 Å². The average molecular weight is 443 g/mol. The van der Waals surface area contributed by atoms with Crippen LogP contribution in [0, 0.1) is 22.7 Å². The number of aliphatic hydroxyl groups excluding tert-OH is 1. The van der Waals surface area contributed by atoms with Crippen LogP contribution in [0.15, 0.2) is 39.1 Å². The van der Waals surface area contributed by atoms with Gasteiger partial charge >= 0.3 is 5.63 Å². The van der Waals surface area contributed by atoms with Gasteiger partial charge in [-0.05, 0) is 55.1 Å². The Hall–Kier alpha value is -2.47. The van der Waals surface area contributed by atoms with Gasteiger partial charge in [0, 0.05) is 17.4 Å². The van der Waals surface area contributed by atoms with Crippen LogP contribution < -0.4 is 19.8 Å². The van der Waals surface area contributed by atoms with Crippen molar-refractivity contribution < 1.29 is 23.7 Å². The van der Waals surface area contributed by atoms with Gasteiger partial charge in [-0.3, -0.25) is 0 Å². The fourth-order valence-corrected chi connectivity index (χ4v) is 6.13. The van der Waals surface area contributed by atoms with Crippen molar-refractivity contribution in [3.63, 3.8) is 0 Å². The summed E-state index contributed by atoms with van der Waals surface area (Å²) in [5, 5.41) is 11.4. The summed E-state index contributed by atoms with van der Waals surface area (Å²) in [4.78, 5) is 11.8. The van der Waals surface area contributed by atoms with E-state index in [4.69, 9.17) is 18.6 Å². The summed E-state index contributed by atoms with van der Waals surface area (Å²) < 4.78 is 23.0. The van der Waals surface area contributed by atoms with Crippen LogP contribution in [0.3, 0.4) is 0 Å². The van der Waals surface area contributed by atoms with Crippen LogP contribution in [0.2, 0.25) is 0 Å². The monoisotopic (exact) mass is 442 g/mol. The minimum atomic E-state index is -0.448. The lowest BCUT2D eigenvalue weighted by molar-refractivity contribution is -0.119. The minimum Gasteiger partial charge on any atom is -0.493 e. The molecule has 4 atom stereocenters. The van der Waals surface area contributed by atoms with Gasteiger partial charge in [-0.25, -0.2) is 4.79 Å². The molecule has 2 aromatic rings. The van der Waals surface area contributed by atoms with Crippen molar-refractivity contribution in [3.05, 3.63) is 40.3 Å². The first kappa shape index (κ1) is 22.7. The van der Waals surface area contributed by atoms with E-state index in [2.05, 4.69) is 33.8 Å². The van der Waals surface area contributed by atoms with Gasteiger partial charge in [0.05, 0.1) is 26.9 Å². The van der Waals surface area contributed by atoms with E-state index in [1.807, 2.05) is 0 Å². The first-order chi connectivity index (χ1) is 15.1. The van der Waals surface area contributed by atoms with Crippen molar-refractivity contribution in [3.8, 4) is 17.2 Å². The summed E-state index contributed by atoms with van der Waals surface area (Å²) in [6.07, 6.45) is 4.71. The van der Waals surface area contributed by atoms with E-state index in [1.54, 1.807) is 19.2 Å². The summed E-state index contributed by atoms with van der Waals surface area (Å²) in [7, 11) is 3.11. The largest absolute Gasteiger partial charge is 0.493 e. The zero-order valence-corrected chi connectivity index (χ0v) is 19.9. The lowest BCUT2D eigenvalue weighted by Crippen LogP contribution is -2.55. The molecule has 0 saturated heterocycles. The highest BCUT2D eigenvalue weighted by atomic mass is 16.5. The van der Waals surface area contributed by atoms with Crippen LogP contribution in [0.25, 0.3) is 11.0 Å². The smallest absolute Gasteiger partial charge is 0.336 e. The third-order valence-electron chi connectivity index (χ3n) is 8.14. The van der Waals surface area contributed by atoms with E-state index >= 15 is 0 Å². The predicted molar refractivity (Wildman–Crippen MR) is 124 cm³/mol. The summed E-state index contributed by atoms with van der Waals surface area (Å²) in [5.41, 5.74) is 1.05. The Morgan fingerprint density at radius 3 is 2.59 bits per heavy atom. The third-order valence-corrected chi connectivity index (χ3v) is 8.14. The van der Waals surface area contributed by atoms with Crippen LogP contribution >= 0.6 is 0 Å². The topological polar surface area (TPSA) is 78.1 Å². The molecule has 1 saturated carbocycles. The summed E-state index contributed by atoms with van der Waals surface area (Å²) >= 11 is 0. The molecule has 4 rings (SSSR count). The highest BCUT2D eigenvalue weighted by molar-refractivity contribution is 5.88. The van der Waals surface area contributed by atoms with Gasteiger partial charge in [-0.15, -0.1) is 0 Å². The molecule has 6 heteroatoms. The Morgan fingerprint density at radius 1 is 1.16 bits per heavy atom. The molecule has 1 aromatic heterocycles. The van der Waals surface area contributed by atoms with Crippen LogP contribution in [-0.2, 0) is 0 Å². The minimum absolute atomic E-state index is 0.00540. The third kappa shape index (κ3) is 3.49. The highest BCUT2D eigenvalue weighted by Crippen LogP contribution is 2.59. The van der Waals surface area contributed by atoms with Crippen molar-refractivity contribution in [2.75, 3.05) is 20.8 Å².